The average Bonchev–Trinajstić information content (AvgIpc) is 2.79. The lowest BCUT2D eigenvalue weighted by molar-refractivity contribution is -0.144. The van der Waals surface area contributed by atoms with Gasteiger partial charge in [-0.2, -0.15) is 5.26 Å². The minimum atomic E-state index is -0.873. The van der Waals surface area contributed by atoms with Gasteiger partial charge < -0.3 is 15.2 Å². The number of fused-ring (bicyclic) bond motifs is 1. The molecular weight excluding hydrogens is 248 g/mol. The summed E-state index contributed by atoms with van der Waals surface area (Å²) in [7, 11) is 0. The fraction of sp³-hybridized carbons (Fsp3) is 0.417. The van der Waals surface area contributed by atoms with Gasteiger partial charge in [-0.15, -0.1) is 5.10 Å². The van der Waals surface area contributed by atoms with Crippen molar-refractivity contribution < 1.29 is 14.3 Å². The van der Waals surface area contributed by atoms with E-state index in [0.717, 1.165) is 5.69 Å². The van der Waals surface area contributed by atoms with Gasteiger partial charge >= 0.3 is 5.97 Å². The highest BCUT2D eigenvalue weighted by Crippen LogP contribution is 2.39. The fourth-order valence-corrected chi connectivity index (χ4v) is 2.04. The Morgan fingerprint density at radius 2 is 2.37 bits per heavy atom. The van der Waals surface area contributed by atoms with Gasteiger partial charge in [-0.3, -0.25) is 9.89 Å². The Hall–Kier alpha value is -2.49. The number of carbonyl (C=O) groups excluding carboxylic acids is 1. The lowest BCUT2D eigenvalue weighted by Gasteiger charge is -2.21. The van der Waals surface area contributed by atoms with Crippen molar-refractivity contribution in [2.45, 2.75) is 26.2 Å². The Labute approximate surface area is 110 Å². The summed E-state index contributed by atoms with van der Waals surface area (Å²) in [4.78, 5) is 12.1. The van der Waals surface area contributed by atoms with Crippen molar-refractivity contribution in [1.82, 2.24) is 10.2 Å². The number of nitrogens with one attached hydrogen (secondary N) is 1. The second-order valence-corrected chi connectivity index (χ2v) is 3.95. The number of aromatic amines is 1. The molecular formula is C12H14N4O3. The number of hydrogen-bond acceptors (Lipinski definition) is 6. The van der Waals surface area contributed by atoms with Crippen LogP contribution in [-0.2, 0) is 16.0 Å². The van der Waals surface area contributed by atoms with Crippen LogP contribution in [0.3, 0.4) is 0 Å². The Morgan fingerprint density at radius 3 is 2.95 bits per heavy atom. The molecule has 2 rings (SSSR count). The summed E-state index contributed by atoms with van der Waals surface area (Å²) in [6.45, 7) is 3.83. The van der Waals surface area contributed by atoms with Crippen LogP contribution < -0.4 is 10.5 Å². The molecule has 1 aromatic rings. The summed E-state index contributed by atoms with van der Waals surface area (Å²) >= 11 is 0. The summed E-state index contributed by atoms with van der Waals surface area (Å²) in [5.74, 6) is -1.28. The standard InChI is InChI=1S/C12H14N4O3/c1-3-7-9-8(12(17)18-4-2)6(5-13)10(14)19-11(9)16-15-7/h8H,3-4,14H2,1-2H3,(H,15,16). The highest BCUT2D eigenvalue weighted by atomic mass is 16.5. The maximum absolute atomic E-state index is 12.1. The van der Waals surface area contributed by atoms with Gasteiger partial charge in [0.2, 0.25) is 11.8 Å². The largest absolute Gasteiger partial charge is 0.465 e. The Morgan fingerprint density at radius 1 is 1.63 bits per heavy atom. The number of aromatic nitrogens is 2. The van der Waals surface area contributed by atoms with Crippen LogP contribution in [0.15, 0.2) is 11.5 Å². The summed E-state index contributed by atoms with van der Waals surface area (Å²) in [5, 5.41) is 15.9. The van der Waals surface area contributed by atoms with Crippen molar-refractivity contribution in [3.8, 4) is 11.9 Å². The number of ether oxygens (including phenoxy) is 2. The molecule has 7 nitrogen and oxygen atoms in total. The molecule has 0 fully saturated rings. The molecule has 0 aliphatic carbocycles. The van der Waals surface area contributed by atoms with E-state index in [4.69, 9.17) is 20.5 Å². The van der Waals surface area contributed by atoms with Crippen molar-refractivity contribution in [2.75, 3.05) is 6.61 Å². The molecule has 0 aromatic carbocycles. The van der Waals surface area contributed by atoms with Crippen LogP contribution in [0.25, 0.3) is 0 Å². The minimum absolute atomic E-state index is 0.0575. The third kappa shape index (κ3) is 2.01. The van der Waals surface area contributed by atoms with Gasteiger partial charge in [0.15, 0.2) is 0 Å². The molecule has 0 saturated carbocycles. The van der Waals surface area contributed by atoms with E-state index in [2.05, 4.69) is 10.2 Å². The van der Waals surface area contributed by atoms with E-state index in [9.17, 15) is 4.79 Å². The maximum Gasteiger partial charge on any atom is 0.319 e. The molecule has 2 heterocycles. The molecule has 0 radical (unpaired) electrons. The molecule has 0 saturated heterocycles. The highest BCUT2D eigenvalue weighted by Gasteiger charge is 2.39. The number of H-pyrrole nitrogens is 1. The number of nitrogens with two attached hydrogens (primary N) is 1. The number of esters is 1. The molecule has 0 amide bonds. The molecule has 0 bridgehead atoms. The highest BCUT2D eigenvalue weighted by molar-refractivity contribution is 5.85. The van der Waals surface area contributed by atoms with E-state index >= 15 is 0 Å². The summed E-state index contributed by atoms with van der Waals surface area (Å²) in [5.41, 5.74) is 6.97. The van der Waals surface area contributed by atoms with E-state index in [-0.39, 0.29) is 23.9 Å². The predicted molar refractivity (Wildman–Crippen MR) is 64.8 cm³/mol. The van der Waals surface area contributed by atoms with Gasteiger partial charge in [-0.25, -0.2) is 0 Å². The second-order valence-electron chi connectivity index (χ2n) is 3.95. The number of aryl methyl sites for hydroxylation is 1. The van der Waals surface area contributed by atoms with Crippen molar-refractivity contribution in [2.24, 2.45) is 5.73 Å². The quantitative estimate of drug-likeness (QED) is 0.775. The molecule has 1 aliphatic rings. The molecule has 1 unspecified atom stereocenters. The van der Waals surface area contributed by atoms with Crippen molar-refractivity contribution >= 4 is 5.97 Å². The maximum atomic E-state index is 12.1. The third-order valence-electron chi connectivity index (χ3n) is 2.89. The van der Waals surface area contributed by atoms with Gasteiger partial charge in [0, 0.05) is 5.69 Å². The van der Waals surface area contributed by atoms with Crippen LogP contribution in [0.2, 0.25) is 0 Å². The monoisotopic (exact) mass is 262 g/mol. The van der Waals surface area contributed by atoms with Crippen LogP contribution in [0.4, 0.5) is 0 Å². The van der Waals surface area contributed by atoms with Gasteiger partial charge in [-0.05, 0) is 13.3 Å². The van der Waals surface area contributed by atoms with Crippen molar-refractivity contribution in [1.29, 1.82) is 5.26 Å². The third-order valence-corrected chi connectivity index (χ3v) is 2.89. The summed E-state index contributed by atoms with van der Waals surface area (Å²) in [6.07, 6.45) is 0.625. The topological polar surface area (TPSA) is 114 Å². The molecule has 7 heteroatoms. The Balaban J connectivity index is 2.56. The molecule has 19 heavy (non-hydrogen) atoms. The van der Waals surface area contributed by atoms with Gasteiger partial charge in [0.1, 0.15) is 17.6 Å². The molecule has 1 aliphatic heterocycles. The van der Waals surface area contributed by atoms with Crippen LogP contribution in [0.1, 0.15) is 31.0 Å². The van der Waals surface area contributed by atoms with E-state index in [1.165, 1.54) is 0 Å². The Bertz CT molecular complexity index is 582. The van der Waals surface area contributed by atoms with E-state index in [0.29, 0.717) is 12.0 Å². The zero-order chi connectivity index (χ0) is 14.0. The van der Waals surface area contributed by atoms with E-state index < -0.39 is 11.9 Å². The first-order valence-electron chi connectivity index (χ1n) is 5.95. The fourth-order valence-electron chi connectivity index (χ4n) is 2.04. The Kier molecular flexibility index (Phi) is 3.42. The first-order chi connectivity index (χ1) is 9.13. The summed E-state index contributed by atoms with van der Waals surface area (Å²) < 4.78 is 10.3. The molecule has 1 atom stereocenters. The van der Waals surface area contributed by atoms with Crippen LogP contribution in [-0.4, -0.2) is 22.8 Å². The van der Waals surface area contributed by atoms with Crippen molar-refractivity contribution in [3.05, 3.63) is 22.7 Å². The van der Waals surface area contributed by atoms with Crippen molar-refractivity contribution in [3.63, 3.8) is 0 Å². The first kappa shape index (κ1) is 13.0. The second kappa shape index (κ2) is 5.02. The predicted octanol–water partition coefficient (Wildman–Crippen LogP) is 0.705. The SMILES string of the molecule is CCOC(=O)C1C(C#N)=C(N)Oc2n[nH]c(CC)c21. The molecule has 100 valence electrons. The number of nitrogens with zero attached hydrogens (tertiary/aromatic N) is 2. The average molecular weight is 262 g/mol. The molecule has 3 N–H and O–H groups in total. The number of rotatable bonds is 3. The van der Waals surface area contributed by atoms with Crippen LogP contribution in [0, 0.1) is 11.3 Å². The summed E-state index contributed by atoms with van der Waals surface area (Å²) in [6, 6.07) is 1.91. The number of nitriles is 1. The zero-order valence-corrected chi connectivity index (χ0v) is 10.7. The zero-order valence-electron chi connectivity index (χ0n) is 10.7. The van der Waals surface area contributed by atoms with Crippen LogP contribution in [0.5, 0.6) is 5.88 Å². The molecule has 1 aromatic heterocycles. The minimum Gasteiger partial charge on any atom is -0.465 e. The normalized spacial score (nSPS) is 17.4. The lowest BCUT2D eigenvalue weighted by atomic mass is 9.89. The van der Waals surface area contributed by atoms with E-state index in [1.807, 2.05) is 13.0 Å². The van der Waals surface area contributed by atoms with Gasteiger partial charge in [-0.1, -0.05) is 6.92 Å². The lowest BCUT2D eigenvalue weighted by Crippen LogP contribution is -2.27. The molecule has 0 spiro atoms. The number of carbonyl (C=O) groups is 1. The smallest absolute Gasteiger partial charge is 0.319 e. The van der Waals surface area contributed by atoms with Gasteiger partial charge in [0.05, 0.1) is 12.2 Å². The van der Waals surface area contributed by atoms with Crippen LogP contribution >= 0.6 is 0 Å². The van der Waals surface area contributed by atoms with E-state index in [1.54, 1.807) is 6.92 Å². The first-order valence-corrected chi connectivity index (χ1v) is 5.95. The van der Waals surface area contributed by atoms with Gasteiger partial charge in [0.25, 0.3) is 0 Å². The number of hydrogen-bond donors (Lipinski definition) is 2.